The fourth-order valence-corrected chi connectivity index (χ4v) is 5.05. The number of aromatic nitrogens is 3. The Morgan fingerprint density at radius 3 is 3.03 bits per heavy atom. The van der Waals surface area contributed by atoms with Gasteiger partial charge in [0.15, 0.2) is 11.0 Å². The predicted octanol–water partition coefficient (Wildman–Crippen LogP) is 3.00. The van der Waals surface area contributed by atoms with E-state index in [1.165, 1.54) is 6.20 Å². The van der Waals surface area contributed by atoms with Gasteiger partial charge in [-0.3, -0.25) is 4.90 Å². The van der Waals surface area contributed by atoms with Crippen LogP contribution in [0.15, 0.2) is 6.20 Å². The molecular weight excluding hydrogens is 416 g/mol. The van der Waals surface area contributed by atoms with Gasteiger partial charge in [0.05, 0.1) is 17.5 Å². The number of alkyl halides is 1. The largest absolute Gasteiger partial charge is 0.461 e. The van der Waals surface area contributed by atoms with E-state index in [9.17, 15) is 8.78 Å². The summed E-state index contributed by atoms with van der Waals surface area (Å²) in [5.41, 5.74) is -0.251. The van der Waals surface area contributed by atoms with Crippen molar-refractivity contribution in [3.8, 4) is 6.01 Å². The number of anilines is 1. The third kappa shape index (κ3) is 3.56. The lowest BCUT2D eigenvalue weighted by Crippen LogP contribution is -2.43. The van der Waals surface area contributed by atoms with Crippen LogP contribution in [-0.4, -0.2) is 77.6 Å². The summed E-state index contributed by atoms with van der Waals surface area (Å²) in [5.74, 6) is -0.141. The standard InChI is InChI=1S/C20H24ClF2N5O2/c21-17-15(23)16-14(10-24-17)18(27-4-2-7-29-8-6-27)26-19(25-16)30-12-20-3-1-5-28(20)11-13(22)9-20/h10,13H,1-9,11-12H2. The van der Waals surface area contributed by atoms with Crippen molar-refractivity contribution in [1.29, 1.82) is 0 Å². The molecule has 0 saturated carbocycles. The Labute approximate surface area is 178 Å². The molecule has 162 valence electrons. The van der Waals surface area contributed by atoms with Gasteiger partial charge in [-0.1, -0.05) is 11.6 Å². The van der Waals surface area contributed by atoms with Gasteiger partial charge in [-0.05, 0) is 25.8 Å². The van der Waals surface area contributed by atoms with Crippen molar-refractivity contribution in [2.45, 2.75) is 37.4 Å². The monoisotopic (exact) mass is 439 g/mol. The molecule has 2 atom stereocenters. The Bertz CT molecular complexity index is 943. The summed E-state index contributed by atoms with van der Waals surface area (Å²) < 4.78 is 40.3. The van der Waals surface area contributed by atoms with Gasteiger partial charge in [-0.25, -0.2) is 13.8 Å². The highest BCUT2D eigenvalue weighted by atomic mass is 35.5. The fraction of sp³-hybridized carbons (Fsp3) is 0.650. The third-order valence-electron chi connectivity index (χ3n) is 6.35. The molecule has 2 unspecified atom stereocenters. The van der Waals surface area contributed by atoms with Crippen molar-refractivity contribution in [2.24, 2.45) is 0 Å². The highest BCUT2D eigenvalue weighted by molar-refractivity contribution is 6.30. The molecule has 7 nitrogen and oxygen atoms in total. The van der Waals surface area contributed by atoms with Crippen LogP contribution in [0.25, 0.3) is 10.9 Å². The molecular formula is C20H24ClF2N5O2. The zero-order valence-electron chi connectivity index (χ0n) is 16.6. The summed E-state index contributed by atoms with van der Waals surface area (Å²) in [4.78, 5) is 17.0. The highest BCUT2D eigenvalue weighted by Gasteiger charge is 2.49. The minimum Gasteiger partial charge on any atom is -0.461 e. The van der Waals surface area contributed by atoms with E-state index in [1.54, 1.807) is 0 Å². The number of fused-ring (bicyclic) bond motifs is 2. The second kappa shape index (κ2) is 8.01. The Balaban J connectivity index is 1.49. The number of rotatable bonds is 4. The summed E-state index contributed by atoms with van der Waals surface area (Å²) in [6.45, 7) is 4.16. The van der Waals surface area contributed by atoms with Crippen LogP contribution in [0.2, 0.25) is 5.15 Å². The summed E-state index contributed by atoms with van der Waals surface area (Å²) in [7, 11) is 0. The number of pyridine rings is 1. The first-order chi connectivity index (χ1) is 14.6. The van der Waals surface area contributed by atoms with Crippen LogP contribution < -0.4 is 9.64 Å². The first-order valence-electron chi connectivity index (χ1n) is 10.4. The molecule has 3 saturated heterocycles. The van der Waals surface area contributed by atoms with Gasteiger partial charge in [0, 0.05) is 38.9 Å². The Morgan fingerprint density at radius 2 is 2.13 bits per heavy atom. The van der Waals surface area contributed by atoms with E-state index >= 15 is 0 Å². The van der Waals surface area contributed by atoms with Gasteiger partial charge in [0.1, 0.15) is 24.1 Å². The minimum atomic E-state index is -0.846. The molecule has 3 fully saturated rings. The van der Waals surface area contributed by atoms with E-state index in [1.807, 2.05) is 4.90 Å². The molecule has 5 heterocycles. The lowest BCUT2D eigenvalue weighted by Gasteiger charge is -2.31. The van der Waals surface area contributed by atoms with Crippen LogP contribution >= 0.6 is 11.6 Å². The van der Waals surface area contributed by atoms with Crippen molar-refractivity contribution >= 4 is 28.3 Å². The van der Waals surface area contributed by atoms with E-state index in [2.05, 4.69) is 19.9 Å². The van der Waals surface area contributed by atoms with Crippen LogP contribution in [0, 0.1) is 5.82 Å². The zero-order chi connectivity index (χ0) is 20.7. The van der Waals surface area contributed by atoms with Crippen molar-refractivity contribution in [3.05, 3.63) is 17.2 Å². The van der Waals surface area contributed by atoms with Crippen LogP contribution in [-0.2, 0) is 4.74 Å². The number of halogens is 3. The maximum atomic E-state index is 14.8. The molecule has 30 heavy (non-hydrogen) atoms. The van der Waals surface area contributed by atoms with Crippen LogP contribution in [0.5, 0.6) is 6.01 Å². The molecule has 0 spiro atoms. The molecule has 3 aliphatic heterocycles. The molecule has 5 rings (SSSR count). The van der Waals surface area contributed by atoms with Gasteiger partial charge in [-0.2, -0.15) is 9.97 Å². The molecule has 0 aromatic carbocycles. The van der Waals surface area contributed by atoms with Crippen molar-refractivity contribution in [3.63, 3.8) is 0 Å². The molecule has 3 aliphatic rings. The van der Waals surface area contributed by atoms with Gasteiger partial charge in [0.25, 0.3) is 0 Å². The molecule has 0 aliphatic carbocycles. The normalized spacial score (nSPS) is 27.4. The predicted molar refractivity (Wildman–Crippen MR) is 108 cm³/mol. The van der Waals surface area contributed by atoms with Crippen molar-refractivity contribution < 1.29 is 18.3 Å². The van der Waals surface area contributed by atoms with E-state index in [-0.39, 0.29) is 28.8 Å². The van der Waals surface area contributed by atoms with Crippen molar-refractivity contribution in [1.82, 2.24) is 19.9 Å². The highest BCUT2D eigenvalue weighted by Crippen LogP contribution is 2.40. The fourth-order valence-electron chi connectivity index (χ4n) is 4.91. The van der Waals surface area contributed by atoms with Gasteiger partial charge >= 0.3 is 6.01 Å². The second-order valence-corrected chi connectivity index (χ2v) is 8.63. The summed E-state index contributed by atoms with van der Waals surface area (Å²) in [5, 5.41) is 0.241. The minimum absolute atomic E-state index is 0.0763. The zero-order valence-corrected chi connectivity index (χ0v) is 17.4. The summed E-state index contributed by atoms with van der Waals surface area (Å²) in [6.07, 6.45) is 3.82. The molecule has 10 heteroatoms. The lowest BCUT2D eigenvalue weighted by atomic mass is 9.95. The smallest absolute Gasteiger partial charge is 0.319 e. The quantitative estimate of drug-likeness (QED) is 0.678. The number of ether oxygens (including phenoxy) is 2. The number of nitrogens with zero attached hydrogens (tertiary/aromatic N) is 5. The summed E-state index contributed by atoms with van der Waals surface area (Å²) in [6, 6.07) is 0.0763. The lowest BCUT2D eigenvalue weighted by molar-refractivity contribution is 0.107. The third-order valence-corrected chi connectivity index (χ3v) is 6.62. The second-order valence-electron chi connectivity index (χ2n) is 8.27. The average Bonchev–Trinajstić information content (AvgIpc) is 3.11. The van der Waals surface area contributed by atoms with Crippen LogP contribution in [0.3, 0.4) is 0 Å². The van der Waals surface area contributed by atoms with E-state index in [4.69, 9.17) is 21.1 Å². The molecule has 2 aromatic heterocycles. The molecule has 0 N–H and O–H groups in total. The maximum absolute atomic E-state index is 14.8. The van der Waals surface area contributed by atoms with Gasteiger partial charge in [0.2, 0.25) is 0 Å². The van der Waals surface area contributed by atoms with Crippen LogP contribution in [0.4, 0.5) is 14.6 Å². The number of hydrogen-bond acceptors (Lipinski definition) is 7. The topological polar surface area (TPSA) is 63.6 Å². The van der Waals surface area contributed by atoms with E-state index in [0.29, 0.717) is 43.9 Å². The first-order valence-corrected chi connectivity index (χ1v) is 10.8. The SMILES string of the molecule is Fc1c(Cl)ncc2c(N3CCCOCC3)nc(OCC34CCCN3CC(F)C4)nc12. The average molecular weight is 440 g/mol. The maximum Gasteiger partial charge on any atom is 0.319 e. The summed E-state index contributed by atoms with van der Waals surface area (Å²) >= 11 is 5.90. The van der Waals surface area contributed by atoms with Gasteiger partial charge in [-0.15, -0.1) is 0 Å². The molecule has 2 aromatic rings. The van der Waals surface area contributed by atoms with Crippen molar-refractivity contribution in [2.75, 3.05) is 50.9 Å². The van der Waals surface area contributed by atoms with E-state index < -0.39 is 12.0 Å². The Morgan fingerprint density at radius 1 is 1.23 bits per heavy atom. The number of hydrogen-bond donors (Lipinski definition) is 0. The molecule has 0 amide bonds. The molecule has 0 bridgehead atoms. The van der Waals surface area contributed by atoms with Gasteiger partial charge < -0.3 is 14.4 Å². The molecule has 0 radical (unpaired) electrons. The first kappa shape index (κ1) is 20.1. The van der Waals surface area contributed by atoms with E-state index in [0.717, 1.165) is 32.4 Å². The Kier molecular flexibility index (Phi) is 5.37. The van der Waals surface area contributed by atoms with Crippen LogP contribution in [0.1, 0.15) is 25.7 Å². The Hall–Kier alpha value is -1.84.